The molecule has 0 saturated carbocycles. The summed E-state index contributed by atoms with van der Waals surface area (Å²) in [5, 5.41) is 9.58. The number of esters is 1. The Labute approximate surface area is 325 Å². The monoisotopic (exact) mass is 802 g/mol. The van der Waals surface area contributed by atoms with Crippen molar-refractivity contribution in [1.29, 1.82) is 0 Å². The molecule has 56 heavy (non-hydrogen) atoms. The Morgan fingerprint density at radius 1 is 0.929 bits per heavy atom. The van der Waals surface area contributed by atoms with Crippen LogP contribution in [-0.2, 0) is 36.2 Å². The number of ether oxygens (including phenoxy) is 1. The van der Waals surface area contributed by atoms with Crippen molar-refractivity contribution < 1.29 is 50.7 Å². The number of thiophene rings is 1. The van der Waals surface area contributed by atoms with Gasteiger partial charge in [-0.05, 0) is 55.8 Å². The Morgan fingerprint density at radius 3 is 2.12 bits per heavy atom. The molecule has 1 heterocycles. The van der Waals surface area contributed by atoms with E-state index in [1.54, 1.807) is 50.4 Å². The average Bonchev–Trinajstić information content (AvgIpc) is 3.69. The van der Waals surface area contributed by atoms with Crippen LogP contribution in [0.15, 0.2) is 72.1 Å². The Bertz CT molecular complexity index is 1980. The molecule has 1 aliphatic rings. The van der Waals surface area contributed by atoms with Crippen LogP contribution in [0.3, 0.4) is 0 Å². The van der Waals surface area contributed by atoms with Crippen LogP contribution in [0.5, 0.6) is 5.75 Å². The number of anilines is 1. The molecule has 2 aromatic carbocycles. The molecule has 3 aromatic rings. The second-order valence-electron chi connectivity index (χ2n) is 13.5. The Morgan fingerprint density at radius 2 is 1.57 bits per heavy atom. The van der Waals surface area contributed by atoms with E-state index in [2.05, 4.69) is 16.0 Å². The molecule has 0 bridgehead atoms. The van der Waals surface area contributed by atoms with Gasteiger partial charge in [-0.1, -0.05) is 55.8 Å². The van der Waals surface area contributed by atoms with E-state index in [1.165, 1.54) is 49.7 Å². The zero-order chi connectivity index (χ0) is 41.4. The molecule has 0 spiro atoms. The minimum Gasteiger partial charge on any atom is -0.420 e. The van der Waals surface area contributed by atoms with Crippen LogP contribution in [0, 0.1) is 17.6 Å². The maximum atomic E-state index is 16.1. The molecule has 2 unspecified atom stereocenters. The predicted octanol–water partition coefficient (Wildman–Crippen LogP) is 7.06. The van der Waals surface area contributed by atoms with Crippen molar-refractivity contribution in [3.05, 3.63) is 105 Å². The first-order chi connectivity index (χ1) is 26.4. The molecule has 4 rings (SSSR count). The highest BCUT2D eigenvalue weighted by atomic mass is 32.1. The summed E-state index contributed by atoms with van der Waals surface area (Å²) in [6.07, 6.45) is 1.51. The summed E-state index contributed by atoms with van der Waals surface area (Å²) < 4.78 is 76.5. The predicted molar refractivity (Wildman–Crippen MR) is 201 cm³/mol. The van der Waals surface area contributed by atoms with Crippen molar-refractivity contribution in [2.75, 3.05) is 32.5 Å². The van der Waals surface area contributed by atoms with Gasteiger partial charge in [-0.25, -0.2) is 8.78 Å². The van der Waals surface area contributed by atoms with E-state index in [0.717, 1.165) is 17.0 Å². The van der Waals surface area contributed by atoms with Crippen LogP contribution in [0.1, 0.15) is 72.8 Å². The summed E-state index contributed by atoms with van der Waals surface area (Å²) in [6.45, 7) is 5.58. The molecule has 0 saturated heterocycles. The number of rotatable bonds is 15. The number of likely N-dealkylation sites (N-methyl/N-ethyl adjacent to an activating group) is 2. The molecule has 10 nitrogen and oxygen atoms in total. The lowest BCUT2D eigenvalue weighted by Gasteiger charge is -2.35. The molecule has 1 aliphatic carbocycles. The molecule has 0 aliphatic heterocycles. The molecule has 0 radical (unpaired) electrons. The Balaban J connectivity index is 1.55. The lowest BCUT2D eigenvalue weighted by Crippen LogP contribution is -2.54. The fourth-order valence-corrected chi connectivity index (χ4v) is 7.42. The molecular formula is C40H43F5N4O6S. The van der Waals surface area contributed by atoms with Gasteiger partial charge in [0.15, 0.2) is 17.0 Å². The third-order valence-electron chi connectivity index (χ3n) is 9.46. The Hall–Kier alpha value is -5.38. The van der Waals surface area contributed by atoms with Crippen LogP contribution in [0.25, 0.3) is 0 Å². The minimum absolute atomic E-state index is 0.0148. The van der Waals surface area contributed by atoms with Crippen molar-refractivity contribution in [3.8, 4) is 5.75 Å². The van der Waals surface area contributed by atoms with E-state index in [-0.39, 0.29) is 38.8 Å². The zero-order valence-corrected chi connectivity index (χ0v) is 32.3. The topological polar surface area (TPSA) is 134 Å². The number of carbonyl (C=O) groups excluding carboxylic acids is 5. The first kappa shape index (κ1) is 43.3. The number of alkyl halides is 3. The van der Waals surface area contributed by atoms with Gasteiger partial charge in [-0.3, -0.25) is 24.0 Å². The van der Waals surface area contributed by atoms with Crippen LogP contribution in [0.4, 0.5) is 27.6 Å². The third-order valence-corrected chi connectivity index (χ3v) is 10.5. The number of hydrogen-bond donors (Lipinski definition) is 3. The van der Waals surface area contributed by atoms with Crippen molar-refractivity contribution in [2.45, 2.75) is 63.5 Å². The van der Waals surface area contributed by atoms with E-state index in [1.807, 2.05) is 0 Å². The number of hydrogen-bond acceptors (Lipinski definition) is 7. The zero-order valence-electron chi connectivity index (χ0n) is 31.4. The van der Waals surface area contributed by atoms with Crippen molar-refractivity contribution in [3.63, 3.8) is 0 Å². The summed E-state index contributed by atoms with van der Waals surface area (Å²) >= 11 is 1.23. The van der Waals surface area contributed by atoms with Crippen LogP contribution in [-0.4, -0.2) is 61.7 Å². The van der Waals surface area contributed by atoms with E-state index >= 15 is 8.78 Å². The molecular weight excluding hydrogens is 760 g/mol. The first-order valence-corrected chi connectivity index (χ1v) is 18.7. The van der Waals surface area contributed by atoms with E-state index in [4.69, 9.17) is 4.74 Å². The smallest absolute Gasteiger partial charge is 0.416 e. The second-order valence-corrected chi connectivity index (χ2v) is 14.4. The number of allylic oxidation sites excluding steroid dienone is 3. The Kier molecular flexibility index (Phi) is 14.0. The van der Waals surface area contributed by atoms with Gasteiger partial charge in [0.25, 0.3) is 5.91 Å². The third kappa shape index (κ3) is 9.18. The molecule has 300 valence electrons. The van der Waals surface area contributed by atoms with E-state index in [0.29, 0.717) is 16.5 Å². The normalized spacial score (nSPS) is 16.6. The number of carbonyl (C=O) groups is 5. The van der Waals surface area contributed by atoms with Gasteiger partial charge in [0.2, 0.25) is 23.5 Å². The lowest BCUT2D eigenvalue weighted by atomic mass is 9.69. The number of amides is 4. The summed E-state index contributed by atoms with van der Waals surface area (Å²) in [4.78, 5) is 68.1. The molecule has 0 fully saturated rings. The van der Waals surface area contributed by atoms with Crippen LogP contribution < -0.4 is 20.7 Å². The van der Waals surface area contributed by atoms with Gasteiger partial charge in [0.05, 0.1) is 17.2 Å². The maximum Gasteiger partial charge on any atom is 0.416 e. The number of benzene rings is 2. The fraction of sp³-hybridized carbons (Fsp3) is 0.375. The van der Waals surface area contributed by atoms with Gasteiger partial charge >= 0.3 is 12.1 Å². The molecule has 1 aromatic heterocycles. The van der Waals surface area contributed by atoms with Crippen molar-refractivity contribution in [1.82, 2.24) is 15.5 Å². The van der Waals surface area contributed by atoms with Gasteiger partial charge < -0.3 is 25.6 Å². The van der Waals surface area contributed by atoms with Crippen LogP contribution in [0.2, 0.25) is 0 Å². The standard InChI is InChI=1S/C40H43F5N4O6S/c1-6-46-36(53)39(37(54)47-7-2,29-14-12-22-56-29)21-11-9-15-30(50)55-33-27(41)23-28(31(32(33)42)35(52)49(4)5)48-34(51)26-13-8-10-20-38(26,3)24-16-18-25(19-17-24)40(43,44)45/h8,10,12-14,16-20,22-23,26H,6-7,9,11,15,21H2,1-5H3,(H,46,53)(H,47,54)(H,48,51). The summed E-state index contributed by atoms with van der Waals surface area (Å²) in [5.41, 5.74) is -4.69. The second kappa shape index (κ2) is 18.0. The number of unbranched alkanes of at least 4 members (excludes halogenated alkanes) is 1. The van der Waals surface area contributed by atoms with E-state index in [9.17, 15) is 37.1 Å². The van der Waals surface area contributed by atoms with Gasteiger partial charge in [0, 0.05) is 50.0 Å². The first-order valence-electron chi connectivity index (χ1n) is 17.8. The summed E-state index contributed by atoms with van der Waals surface area (Å²) in [5.74, 6) is -9.15. The highest BCUT2D eigenvalue weighted by molar-refractivity contribution is 7.10. The lowest BCUT2D eigenvalue weighted by molar-refractivity contribution is -0.139. The maximum absolute atomic E-state index is 16.1. The SMILES string of the molecule is CCNC(=O)C(CCCCC(=O)Oc1c(F)cc(NC(=O)C2C=CC=CC2(C)c2ccc(C(F)(F)F)cc2)c(C(=O)N(C)C)c1F)(C(=O)NCC)c1cccs1. The van der Waals surface area contributed by atoms with Gasteiger partial charge in [-0.2, -0.15) is 13.2 Å². The fourth-order valence-electron chi connectivity index (χ4n) is 6.47. The van der Waals surface area contributed by atoms with Crippen molar-refractivity contribution >= 4 is 46.6 Å². The number of halogens is 5. The largest absolute Gasteiger partial charge is 0.420 e. The summed E-state index contributed by atoms with van der Waals surface area (Å²) in [6, 6.07) is 8.28. The molecule has 2 atom stereocenters. The highest BCUT2D eigenvalue weighted by Gasteiger charge is 2.47. The molecule has 4 amide bonds. The van der Waals surface area contributed by atoms with Gasteiger partial charge in [-0.15, -0.1) is 11.3 Å². The van der Waals surface area contributed by atoms with Gasteiger partial charge in [0.1, 0.15) is 5.56 Å². The number of nitrogens with one attached hydrogen (secondary N) is 3. The van der Waals surface area contributed by atoms with Crippen LogP contribution >= 0.6 is 11.3 Å². The van der Waals surface area contributed by atoms with E-state index < -0.39 is 86.7 Å². The quantitative estimate of drug-likeness (QED) is 0.0496. The minimum atomic E-state index is -4.58. The van der Waals surface area contributed by atoms with Crippen molar-refractivity contribution in [2.24, 2.45) is 5.92 Å². The highest BCUT2D eigenvalue weighted by Crippen LogP contribution is 2.41. The molecule has 16 heteroatoms. The average molecular weight is 803 g/mol. The molecule has 3 N–H and O–H groups in total. The summed E-state index contributed by atoms with van der Waals surface area (Å²) in [7, 11) is 2.58. The number of nitrogens with zero attached hydrogens (tertiary/aromatic N) is 1.